The molecule has 0 aromatic carbocycles. The van der Waals surface area contributed by atoms with Gasteiger partial charge < -0.3 is 10.4 Å². The van der Waals surface area contributed by atoms with E-state index in [-0.39, 0.29) is 0 Å². The van der Waals surface area contributed by atoms with Gasteiger partial charge in [0.1, 0.15) is 0 Å². The molecule has 6 nitrogen and oxygen atoms in total. The van der Waals surface area contributed by atoms with E-state index in [1.165, 1.54) is 17.0 Å². The third-order valence-corrected chi connectivity index (χ3v) is 2.01. The quantitative estimate of drug-likeness (QED) is 0.752. The molecule has 0 aliphatic carbocycles. The number of aromatic nitrogens is 2. The molecule has 2 N–H and O–H groups in total. The molecule has 1 unspecified atom stereocenters. The van der Waals surface area contributed by atoms with Gasteiger partial charge in [-0.05, 0) is 13.8 Å². The van der Waals surface area contributed by atoms with Crippen LogP contribution in [0.4, 0.5) is 0 Å². The molecule has 92 valence electrons. The third kappa shape index (κ3) is 3.75. The lowest BCUT2D eigenvalue weighted by molar-refractivity contribution is -0.141. The Bertz CT molecular complexity index is 458. The highest BCUT2D eigenvalue weighted by atomic mass is 16.4. The maximum absolute atomic E-state index is 11.5. The second-order valence-electron chi connectivity index (χ2n) is 3.95. The second kappa shape index (κ2) is 5.29. The molecule has 0 saturated heterocycles. The molecule has 1 rings (SSSR count). The Morgan fingerprint density at radius 3 is 2.59 bits per heavy atom. The average Bonchev–Trinajstić information content (AvgIpc) is 2.59. The minimum atomic E-state index is -1.12. The summed E-state index contributed by atoms with van der Waals surface area (Å²) < 4.78 is 1.48. The summed E-state index contributed by atoms with van der Waals surface area (Å²) in [6, 6.07) is -1.08. The van der Waals surface area contributed by atoms with Crippen molar-refractivity contribution in [3.05, 3.63) is 29.6 Å². The number of nitrogens with zero attached hydrogens (tertiary/aromatic N) is 2. The second-order valence-corrected chi connectivity index (χ2v) is 3.95. The molecule has 0 aliphatic rings. The molecule has 0 bridgehead atoms. The van der Waals surface area contributed by atoms with E-state index in [1.54, 1.807) is 27.1 Å². The van der Waals surface area contributed by atoms with Crippen molar-refractivity contribution in [3.8, 4) is 0 Å². The first-order chi connectivity index (χ1) is 7.90. The Kier molecular flexibility index (Phi) is 4.03. The van der Waals surface area contributed by atoms with Gasteiger partial charge in [-0.25, -0.2) is 4.79 Å². The van der Waals surface area contributed by atoms with Gasteiger partial charge in [0, 0.05) is 24.9 Å². The minimum Gasteiger partial charge on any atom is -0.479 e. The summed E-state index contributed by atoms with van der Waals surface area (Å²) in [5.41, 5.74) is 1.24. The van der Waals surface area contributed by atoms with E-state index in [2.05, 4.69) is 10.4 Å². The molecule has 1 aromatic rings. The molecule has 0 radical (unpaired) electrons. The van der Waals surface area contributed by atoms with Crippen LogP contribution in [0.1, 0.15) is 25.5 Å². The van der Waals surface area contributed by atoms with E-state index >= 15 is 0 Å². The summed E-state index contributed by atoms with van der Waals surface area (Å²) >= 11 is 0. The summed E-state index contributed by atoms with van der Waals surface area (Å²) in [5, 5.41) is 15.3. The molecule has 0 spiro atoms. The molecular formula is C11H15N3O3. The van der Waals surface area contributed by atoms with E-state index in [0.29, 0.717) is 5.56 Å². The van der Waals surface area contributed by atoms with Crippen LogP contribution in [-0.2, 0) is 16.6 Å². The van der Waals surface area contributed by atoms with E-state index < -0.39 is 17.9 Å². The van der Waals surface area contributed by atoms with E-state index in [1.807, 2.05) is 0 Å². The van der Waals surface area contributed by atoms with Gasteiger partial charge in [-0.15, -0.1) is 0 Å². The fourth-order valence-electron chi connectivity index (χ4n) is 1.32. The Labute approximate surface area is 98.9 Å². The standard InChI is InChI=1S/C11H15N3O3/c1-7(2)4-9(15)13-10(11(16)17)8-5-12-14(3)6-8/h4-6,10H,1-3H3,(H,13,15)(H,16,17). The number of nitrogens with one attached hydrogen (secondary N) is 1. The number of carboxylic acids is 1. The SMILES string of the molecule is CC(C)=CC(=O)NC(C(=O)O)c1cnn(C)c1. The maximum Gasteiger partial charge on any atom is 0.331 e. The van der Waals surface area contributed by atoms with Crippen molar-refractivity contribution in [2.24, 2.45) is 7.05 Å². The van der Waals surface area contributed by atoms with Gasteiger partial charge >= 0.3 is 5.97 Å². The predicted molar refractivity (Wildman–Crippen MR) is 61.2 cm³/mol. The Balaban J connectivity index is 2.85. The number of allylic oxidation sites excluding steroid dienone is 1. The van der Waals surface area contributed by atoms with E-state index in [0.717, 1.165) is 5.57 Å². The van der Waals surface area contributed by atoms with E-state index in [4.69, 9.17) is 5.11 Å². The number of aryl methyl sites for hydroxylation is 1. The predicted octanol–water partition coefficient (Wildman–Crippen LogP) is 0.628. The highest BCUT2D eigenvalue weighted by molar-refractivity contribution is 5.91. The van der Waals surface area contributed by atoms with Gasteiger partial charge in [-0.3, -0.25) is 9.48 Å². The molecule has 17 heavy (non-hydrogen) atoms. The van der Waals surface area contributed by atoms with Crippen molar-refractivity contribution in [3.63, 3.8) is 0 Å². The van der Waals surface area contributed by atoms with Crippen LogP contribution in [0.3, 0.4) is 0 Å². The summed E-state index contributed by atoms with van der Waals surface area (Å²) in [6.07, 6.45) is 4.33. The minimum absolute atomic E-state index is 0.429. The number of aliphatic carboxylic acids is 1. The number of carboxylic acid groups (broad SMARTS) is 1. The monoisotopic (exact) mass is 237 g/mol. The highest BCUT2D eigenvalue weighted by Crippen LogP contribution is 2.11. The van der Waals surface area contributed by atoms with Gasteiger partial charge in [0.25, 0.3) is 0 Å². The molecule has 0 saturated carbocycles. The van der Waals surface area contributed by atoms with Crippen LogP contribution in [0.25, 0.3) is 0 Å². The normalized spacial score (nSPS) is 11.7. The lowest BCUT2D eigenvalue weighted by atomic mass is 10.1. The average molecular weight is 237 g/mol. The first-order valence-electron chi connectivity index (χ1n) is 5.07. The van der Waals surface area contributed by atoms with Gasteiger partial charge in [0.05, 0.1) is 6.20 Å². The van der Waals surface area contributed by atoms with E-state index in [9.17, 15) is 9.59 Å². The van der Waals surface area contributed by atoms with Crippen molar-refractivity contribution in [2.45, 2.75) is 19.9 Å². The first kappa shape index (κ1) is 13.0. The topological polar surface area (TPSA) is 84.2 Å². The van der Waals surface area contributed by atoms with Gasteiger partial charge in [-0.2, -0.15) is 5.10 Å². The van der Waals surface area contributed by atoms with Crippen LogP contribution in [0.5, 0.6) is 0 Å². The van der Waals surface area contributed by atoms with Crippen LogP contribution in [0.2, 0.25) is 0 Å². The number of hydrogen-bond donors (Lipinski definition) is 2. The van der Waals surface area contributed by atoms with Crippen molar-refractivity contribution >= 4 is 11.9 Å². The molecule has 0 fully saturated rings. The number of carbonyl (C=O) groups excluding carboxylic acids is 1. The molecule has 6 heteroatoms. The van der Waals surface area contributed by atoms with Gasteiger partial charge in [-0.1, -0.05) is 5.57 Å². The van der Waals surface area contributed by atoms with Crippen molar-refractivity contribution < 1.29 is 14.7 Å². The molecule has 1 amide bonds. The summed E-state index contributed by atoms with van der Waals surface area (Å²) in [5.74, 6) is -1.55. The zero-order valence-corrected chi connectivity index (χ0v) is 9.97. The van der Waals surface area contributed by atoms with Gasteiger partial charge in [0.15, 0.2) is 6.04 Å². The van der Waals surface area contributed by atoms with Crippen LogP contribution in [0.15, 0.2) is 24.0 Å². The van der Waals surface area contributed by atoms with Crippen molar-refractivity contribution in [1.82, 2.24) is 15.1 Å². The summed E-state index contributed by atoms with van der Waals surface area (Å²) in [4.78, 5) is 22.5. The third-order valence-electron chi connectivity index (χ3n) is 2.01. The lowest BCUT2D eigenvalue weighted by Crippen LogP contribution is -2.32. The fourth-order valence-corrected chi connectivity index (χ4v) is 1.32. The summed E-state index contributed by atoms with van der Waals surface area (Å²) in [6.45, 7) is 3.53. The Morgan fingerprint density at radius 2 is 2.18 bits per heavy atom. The molecule has 1 atom stereocenters. The molecular weight excluding hydrogens is 222 g/mol. The number of rotatable bonds is 4. The Hall–Kier alpha value is -2.11. The van der Waals surface area contributed by atoms with Crippen LogP contribution in [-0.4, -0.2) is 26.8 Å². The van der Waals surface area contributed by atoms with Crippen molar-refractivity contribution in [1.29, 1.82) is 0 Å². The largest absolute Gasteiger partial charge is 0.479 e. The zero-order valence-electron chi connectivity index (χ0n) is 9.97. The van der Waals surface area contributed by atoms with Crippen LogP contribution in [0, 0.1) is 0 Å². The number of carbonyl (C=O) groups is 2. The molecule has 1 heterocycles. The fraction of sp³-hybridized carbons (Fsp3) is 0.364. The Morgan fingerprint density at radius 1 is 1.53 bits per heavy atom. The number of amides is 1. The highest BCUT2D eigenvalue weighted by Gasteiger charge is 2.22. The lowest BCUT2D eigenvalue weighted by Gasteiger charge is -2.11. The van der Waals surface area contributed by atoms with Crippen LogP contribution < -0.4 is 5.32 Å². The summed E-state index contributed by atoms with van der Waals surface area (Å²) in [7, 11) is 1.68. The molecule has 0 aliphatic heterocycles. The molecule has 1 aromatic heterocycles. The zero-order chi connectivity index (χ0) is 13.0. The van der Waals surface area contributed by atoms with Crippen molar-refractivity contribution in [2.75, 3.05) is 0 Å². The maximum atomic E-state index is 11.5. The first-order valence-corrected chi connectivity index (χ1v) is 5.07. The van der Waals surface area contributed by atoms with Gasteiger partial charge in [0.2, 0.25) is 5.91 Å². The number of hydrogen-bond acceptors (Lipinski definition) is 3. The van der Waals surface area contributed by atoms with Crippen LogP contribution >= 0.6 is 0 Å². The smallest absolute Gasteiger partial charge is 0.331 e.